The highest BCUT2D eigenvalue weighted by Crippen LogP contribution is 2.33. The molecule has 1 aromatic carbocycles. The number of anilines is 1. The summed E-state index contributed by atoms with van der Waals surface area (Å²) in [5, 5.41) is 3.27. The van der Waals surface area contributed by atoms with E-state index in [2.05, 4.69) is 53.4 Å². The van der Waals surface area contributed by atoms with Crippen LogP contribution in [0.5, 0.6) is 0 Å². The molecule has 1 atom stereocenters. The number of morpholine rings is 1. The first-order valence-corrected chi connectivity index (χ1v) is 13.9. The van der Waals surface area contributed by atoms with E-state index in [-0.39, 0.29) is 19.7 Å². The standard InChI is InChI=1S/C29H37F2N6O2/c1-3-37(4-2)14-9-21(10-15-37)20-5-7-22(8-6-20)24-17-25-26(33-12-11-32-25)28(35-24)34-18-23-19-36(13-16-39-23)29(38)27(30)31/h5-8,11-12,17,21,23,27H,3-4,9-10,13-16,18-19H2,1-2H3,(H,34,35)/q+1. The molecule has 208 valence electrons. The summed E-state index contributed by atoms with van der Waals surface area (Å²) in [5.41, 5.74) is 4.45. The molecule has 0 aliphatic carbocycles. The number of pyridine rings is 1. The quantitative estimate of drug-likeness (QED) is 0.430. The number of alkyl halides is 2. The van der Waals surface area contributed by atoms with E-state index in [9.17, 15) is 13.6 Å². The number of hydrogen-bond acceptors (Lipinski definition) is 6. The Morgan fingerprint density at radius 2 is 1.85 bits per heavy atom. The lowest BCUT2D eigenvalue weighted by Gasteiger charge is -2.42. The van der Waals surface area contributed by atoms with Crippen LogP contribution in [-0.2, 0) is 9.53 Å². The first-order chi connectivity index (χ1) is 18.9. The van der Waals surface area contributed by atoms with Crippen LogP contribution in [-0.4, -0.2) is 95.2 Å². The summed E-state index contributed by atoms with van der Waals surface area (Å²) in [5.74, 6) is -0.0327. The molecule has 10 heteroatoms. The number of benzene rings is 1. The van der Waals surface area contributed by atoms with Crippen molar-refractivity contribution in [2.24, 2.45) is 0 Å². The first-order valence-electron chi connectivity index (χ1n) is 13.9. The number of nitrogens with zero attached hydrogens (tertiary/aromatic N) is 5. The Bertz CT molecular complexity index is 1270. The molecule has 2 aliphatic rings. The van der Waals surface area contributed by atoms with Crippen molar-refractivity contribution < 1.29 is 22.8 Å². The Morgan fingerprint density at radius 1 is 1.13 bits per heavy atom. The molecule has 2 saturated heterocycles. The highest BCUT2D eigenvalue weighted by atomic mass is 19.3. The summed E-state index contributed by atoms with van der Waals surface area (Å²) in [4.78, 5) is 26.7. The average molecular weight is 540 g/mol. The van der Waals surface area contributed by atoms with Crippen LogP contribution in [0.15, 0.2) is 42.7 Å². The van der Waals surface area contributed by atoms with Crippen molar-refractivity contribution in [3.05, 3.63) is 48.3 Å². The maximum absolute atomic E-state index is 12.9. The predicted molar refractivity (Wildman–Crippen MR) is 147 cm³/mol. The molecule has 0 radical (unpaired) electrons. The summed E-state index contributed by atoms with van der Waals surface area (Å²) in [6.07, 6.45) is 2.22. The largest absolute Gasteiger partial charge is 0.373 e. The van der Waals surface area contributed by atoms with E-state index in [4.69, 9.17) is 9.72 Å². The van der Waals surface area contributed by atoms with Crippen LogP contribution in [0.2, 0.25) is 0 Å². The summed E-state index contributed by atoms with van der Waals surface area (Å²) >= 11 is 0. The van der Waals surface area contributed by atoms with Gasteiger partial charge < -0.3 is 19.4 Å². The molecule has 5 rings (SSSR count). The SMILES string of the molecule is CC[N+]1(CC)CCC(c2ccc(-c3cc4nccnc4c(NCC4CN(C(=O)C(F)F)CCO4)n3)cc2)CC1. The number of nitrogens with one attached hydrogen (secondary N) is 1. The van der Waals surface area contributed by atoms with E-state index >= 15 is 0 Å². The normalized spacial score (nSPS) is 19.9. The molecule has 1 N–H and O–H groups in total. The van der Waals surface area contributed by atoms with Gasteiger partial charge in [0.2, 0.25) is 0 Å². The lowest BCUT2D eigenvalue weighted by molar-refractivity contribution is -0.929. The number of quaternary nitrogens is 1. The number of fused-ring (bicyclic) bond motifs is 1. The maximum atomic E-state index is 12.9. The Hall–Kier alpha value is -3.24. The summed E-state index contributed by atoms with van der Waals surface area (Å²) in [7, 11) is 0. The summed E-state index contributed by atoms with van der Waals surface area (Å²) < 4.78 is 32.7. The number of aromatic nitrogens is 3. The Morgan fingerprint density at radius 3 is 2.54 bits per heavy atom. The second kappa shape index (κ2) is 11.9. The molecule has 39 heavy (non-hydrogen) atoms. The van der Waals surface area contributed by atoms with Gasteiger partial charge in [-0.15, -0.1) is 0 Å². The lowest BCUT2D eigenvalue weighted by atomic mass is 9.87. The van der Waals surface area contributed by atoms with Crippen LogP contribution in [0.4, 0.5) is 14.6 Å². The van der Waals surface area contributed by atoms with Gasteiger partial charge >= 0.3 is 6.43 Å². The molecule has 2 fully saturated rings. The van der Waals surface area contributed by atoms with Crippen molar-refractivity contribution in [2.75, 3.05) is 57.7 Å². The average Bonchev–Trinajstić information content (AvgIpc) is 2.99. The van der Waals surface area contributed by atoms with Crippen molar-refractivity contribution in [2.45, 2.75) is 45.1 Å². The highest BCUT2D eigenvalue weighted by Gasteiger charge is 2.32. The number of amides is 1. The Kier molecular flexibility index (Phi) is 8.32. The minimum Gasteiger partial charge on any atom is -0.373 e. The number of rotatable bonds is 8. The van der Waals surface area contributed by atoms with Crippen molar-refractivity contribution in [3.63, 3.8) is 0 Å². The number of hydrogen-bond donors (Lipinski definition) is 1. The molecule has 8 nitrogen and oxygen atoms in total. The zero-order chi connectivity index (χ0) is 27.4. The lowest BCUT2D eigenvalue weighted by Crippen LogP contribution is -2.52. The fourth-order valence-corrected chi connectivity index (χ4v) is 5.87. The van der Waals surface area contributed by atoms with E-state index in [1.165, 1.54) is 49.1 Å². The van der Waals surface area contributed by atoms with Gasteiger partial charge in [0.15, 0.2) is 5.82 Å². The molecule has 2 aromatic heterocycles. The molecule has 4 heterocycles. The summed E-state index contributed by atoms with van der Waals surface area (Å²) in [6.45, 7) is 10.2. The van der Waals surface area contributed by atoms with E-state index in [1.807, 2.05) is 6.07 Å². The maximum Gasteiger partial charge on any atom is 0.315 e. The molecule has 0 bridgehead atoms. The molecule has 1 unspecified atom stereocenters. The van der Waals surface area contributed by atoms with Crippen LogP contribution in [0.25, 0.3) is 22.3 Å². The van der Waals surface area contributed by atoms with E-state index in [0.29, 0.717) is 29.3 Å². The van der Waals surface area contributed by atoms with Gasteiger partial charge in [-0.3, -0.25) is 9.78 Å². The molecule has 1 amide bonds. The second-order valence-corrected chi connectivity index (χ2v) is 10.6. The second-order valence-electron chi connectivity index (χ2n) is 10.6. The highest BCUT2D eigenvalue weighted by molar-refractivity contribution is 5.88. The first kappa shape index (κ1) is 27.3. The minimum absolute atomic E-state index is 0.0958. The number of carbonyl (C=O) groups excluding carboxylic acids is 1. The fraction of sp³-hybridized carbons (Fsp3) is 0.517. The fourth-order valence-electron chi connectivity index (χ4n) is 5.87. The van der Waals surface area contributed by atoms with Crippen LogP contribution >= 0.6 is 0 Å². The monoisotopic (exact) mass is 539 g/mol. The molecule has 2 aliphatic heterocycles. The van der Waals surface area contributed by atoms with Crippen LogP contribution in [0.1, 0.15) is 38.2 Å². The van der Waals surface area contributed by atoms with Gasteiger partial charge in [0.1, 0.15) is 5.52 Å². The zero-order valence-electron chi connectivity index (χ0n) is 22.7. The topological polar surface area (TPSA) is 80.2 Å². The minimum atomic E-state index is -3.01. The van der Waals surface area contributed by atoms with Crippen LogP contribution in [0, 0.1) is 0 Å². The molecule has 0 spiro atoms. The number of halogens is 2. The Balaban J connectivity index is 1.31. The third-order valence-corrected chi connectivity index (χ3v) is 8.51. The molecular formula is C29H37F2N6O2+. The number of piperidine rings is 1. The van der Waals surface area contributed by atoms with Gasteiger partial charge in [-0.05, 0) is 31.4 Å². The van der Waals surface area contributed by atoms with Gasteiger partial charge in [-0.2, -0.15) is 8.78 Å². The van der Waals surface area contributed by atoms with E-state index < -0.39 is 18.4 Å². The zero-order valence-corrected chi connectivity index (χ0v) is 22.7. The summed E-state index contributed by atoms with van der Waals surface area (Å²) in [6, 6.07) is 10.6. The Labute approximate surface area is 228 Å². The molecular weight excluding hydrogens is 502 g/mol. The van der Waals surface area contributed by atoms with Crippen molar-refractivity contribution in [1.29, 1.82) is 0 Å². The van der Waals surface area contributed by atoms with E-state index in [0.717, 1.165) is 16.2 Å². The van der Waals surface area contributed by atoms with Crippen LogP contribution < -0.4 is 5.32 Å². The molecule has 3 aromatic rings. The third kappa shape index (κ3) is 6.01. The van der Waals surface area contributed by atoms with Gasteiger partial charge in [-0.1, -0.05) is 24.3 Å². The van der Waals surface area contributed by atoms with E-state index in [1.54, 1.807) is 12.4 Å². The number of carbonyl (C=O) groups is 1. The smallest absolute Gasteiger partial charge is 0.315 e. The van der Waals surface area contributed by atoms with Crippen LogP contribution in [0.3, 0.4) is 0 Å². The van der Waals surface area contributed by atoms with Gasteiger partial charge in [0.05, 0.1) is 50.1 Å². The van der Waals surface area contributed by atoms with Gasteiger partial charge in [0.25, 0.3) is 5.91 Å². The van der Waals surface area contributed by atoms with Gasteiger partial charge in [-0.25, -0.2) is 9.97 Å². The third-order valence-electron chi connectivity index (χ3n) is 8.51. The van der Waals surface area contributed by atoms with Crippen molar-refractivity contribution in [1.82, 2.24) is 19.9 Å². The van der Waals surface area contributed by atoms with Gasteiger partial charge in [0, 0.05) is 50.4 Å². The predicted octanol–water partition coefficient (Wildman–Crippen LogP) is 4.33. The van der Waals surface area contributed by atoms with Crippen molar-refractivity contribution >= 4 is 22.8 Å². The number of likely N-dealkylation sites (tertiary alicyclic amines) is 1. The molecule has 0 saturated carbocycles. The number of ether oxygens (including phenoxy) is 1. The van der Waals surface area contributed by atoms with Crippen molar-refractivity contribution in [3.8, 4) is 11.3 Å².